The van der Waals surface area contributed by atoms with E-state index < -0.39 is 0 Å². The van der Waals surface area contributed by atoms with Crippen LogP contribution in [0.3, 0.4) is 0 Å². The average molecular weight is 221 g/mol. The molecule has 0 aliphatic heterocycles. The molecular weight excluding hydrogens is 198 g/mol. The minimum atomic E-state index is 0.568. The molecule has 0 spiro atoms. The molecule has 1 aromatic carbocycles. The van der Waals surface area contributed by atoms with Gasteiger partial charge in [-0.2, -0.15) is 0 Å². The summed E-state index contributed by atoms with van der Waals surface area (Å²) in [6, 6.07) is 8.17. The summed E-state index contributed by atoms with van der Waals surface area (Å²) in [5.41, 5.74) is 1.16. The van der Waals surface area contributed by atoms with Crippen molar-refractivity contribution in [1.29, 1.82) is 0 Å². The molecule has 0 atom stereocenters. The molecule has 0 aliphatic rings. The summed E-state index contributed by atoms with van der Waals surface area (Å²) in [6.07, 6.45) is 0. The van der Waals surface area contributed by atoms with E-state index in [9.17, 15) is 0 Å². The summed E-state index contributed by atoms with van der Waals surface area (Å²) in [5.74, 6) is 2.18. The average Bonchev–Trinajstić information content (AvgIpc) is 2.25. The first kappa shape index (κ1) is 12.9. The maximum Gasteiger partial charge on any atom is 0.119 e. The highest BCUT2D eigenvalue weighted by molar-refractivity contribution is 5.46. The molecule has 0 aliphatic carbocycles. The van der Waals surface area contributed by atoms with Gasteiger partial charge in [-0.15, -0.1) is 0 Å². The molecule has 0 amide bonds. The van der Waals surface area contributed by atoms with E-state index in [4.69, 9.17) is 4.74 Å². The Kier molecular flexibility index (Phi) is 5.17. The Balaban J connectivity index is 2.41. The van der Waals surface area contributed by atoms with Gasteiger partial charge in [0.05, 0.1) is 6.61 Å². The molecule has 2 heteroatoms. The van der Waals surface area contributed by atoms with E-state index in [1.165, 1.54) is 0 Å². The van der Waals surface area contributed by atoms with Crippen LogP contribution in [0.2, 0.25) is 0 Å². The lowest BCUT2D eigenvalue weighted by Crippen LogP contribution is -2.08. The third kappa shape index (κ3) is 5.06. The van der Waals surface area contributed by atoms with Gasteiger partial charge in [-0.3, -0.25) is 0 Å². The highest BCUT2D eigenvalue weighted by Crippen LogP contribution is 2.16. The van der Waals surface area contributed by atoms with Gasteiger partial charge in [-0.05, 0) is 36.1 Å². The quantitative estimate of drug-likeness (QED) is 0.789. The fourth-order valence-electron chi connectivity index (χ4n) is 1.25. The van der Waals surface area contributed by atoms with E-state index in [1.54, 1.807) is 0 Å². The monoisotopic (exact) mass is 221 g/mol. The summed E-state index contributed by atoms with van der Waals surface area (Å²) in [7, 11) is 0. The first-order valence-electron chi connectivity index (χ1n) is 6.04. The molecule has 1 rings (SSSR count). The summed E-state index contributed by atoms with van der Waals surface area (Å²) in [4.78, 5) is 0. The lowest BCUT2D eigenvalue weighted by Gasteiger charge is -2.11. The summed E-state index contributed by atoms with van der Waals surface area (Å²) in [5, 5.41) is 3.38. The zero-order valence-electron chi connectivity index (χ0n) is 10.8. The Morgan fingerprint density at radius 3 is 2.12 bits per heavy atom. The smallest absolute Gasteiger partial charge is 0.119 e. The Bertz CT molecular complexity index is 259. The Labute approximate surface area is 99.0 Å². The van der Waals surface area contributed by atoms with Crippen LogP contribution in [0.15, 0.2) is 24.3 Å². The van der Waals surface area contributed by atoms with Gasteiger partial charge >= 0.3 is 0 Å². The van der Waals surface area contributed by atoms with Crippen LogP contribution in [-0.2, 0) is 0 Å². The molecule has 90 valence electrons. The van der Waals surface area contributed by atoms with Crippen LogP contribution in [0, 0.1) is 11.8 Å². The fraction of sp³-hybridized carbons (Fsp3) is 0.571. The SMILES string of the molecule is CC(C)CNc1ccc(OCC(C)C)cc1. The molecule has 1 N–H and O–H groups in total. The van der Waals surface area contributed by atoms with Gasteiger partial charge < -0.3 is 10.1 Å². The van der Waals surface area contributed by atoms with Gasteiger partial charge in [-0.1, -0.05) is 27.7 Å². The molecule has 0 unspecified atom stereocenters. The number of benzene rings is 1. The Morgan fingerprint density at radius 2 is 1.62 bits per heavy atom. The lowest BCUT2D eigenvalue weighted by atomic mass is 10.2. The molecule has 0 fully saturated rings. The third-order valence-corrected chi connectivity index (χ3v) is 2.15. The lowest BCUT2D eigenvalue weighted by molar-refractivity contribution is 0.271. The molecule has 1 aromatic rings. The normalized spacial score (nSPS) is 10.9. The van der Waals surface area contributed by atoms with Crippen molar-refractivity contribution in [2.24, 2.45) is 11.8 Å². The molecule has 0 saturated heterocycles. The zero-order chi connectivity index (χ0) is 12.0. The molecule has 16 heavy (non-hydrogen) atoms. The number of ether oxygens (including phenoxy) is 1. The highest BCUT2D eigenvalue weighted by Gasteiger charge is 1.98. The third-order valence-electron chi connectivity index (χ3n) is 2.15. The summed E-state index contributed by atoms with van der Waals surface area (Å²) < 4.78 is 5.62. The standard InChI is InChI=1S/C14H23NO/c1-11(2)9-15-13-5-7-14(8-6-13)16-10-12(3)4/h5-8,11-12,15H,9-10H2,1-4H3. The van der Waals surface area contributed by atoms with Crippen molar-refractivity contribution < 1.29 is 4.74 Å². The van der Waals surface area contributed by atoms with E-state index in [-0.39, 0.29) is 0 Å². The maximum atomic E-state index is 5.62. The molecular formula is C14H23NO. The van der Waals surface area contributed by atoms with Crippen LogP contribution in [0.25, 0.3) is 0 Å². The number of hydrogen-bond acceptors (Lipinski definition) is 2. The summed E-state index contributed by atoms with van der Waals surface area (Å²) in [6.45, 7) is 10.5. The van der Waals surface area contributed by atoms with Crippen LogP contribution in [0.1, 0.15) is 27.7 Å². The van der Waals surface area contributed by atoms with Crippen LogP contribution >= 0.6 is 0 Å². The van der Waals surface area contributed by atoms with E-state index in [2.05, 4.69) is 45.1 Å². The van der Waals surface area contributed by atoms with E-state index in [0.717, 1.165) is 24.6 Å². The van der Waals surface area contributed by atoms with Gasteiger partial charge in [0.15, 0.2) is 0 Å². The van der Waals surface area contributed by atoms with Crippen LogP contribution < -0.4 is 10.1 Å². The predicted molar refractivity (Wildman–Crippen MR) is 70.1 cm³/mol. The van der Waals surface area contributed by atoms with Gasteiger partial charge in [-0.25, -0.2) is 0 Å². The Morgan fingerprint density at radius 1 is 1.00 bits per heavy atom. The van der Waals surface area contributed by atoms with Crippen molar-refractivity contribution in [3.05, 3.63) is 24.3 Å². The number of rotatable bonds is 6. The fourth-order valence-corrected chi connectivity index (χ4v) is 1.25. The molecule has 0 heterocycles. The molecule has 2 nitrogen and oxygen atoms in total. The number of hydrogen-bond donors (Lipinski definition) is 1. The second-order valence-electron chi connectivity index (χ2n) is 5.00. The van der Waals surface area contributed by atoms with Crippen LogP contribution in [-0.4, -0.2) is 13.2 Å². The van der Waals surface area contributed by atoms with Crippen molar-refractivity contribution in [3.8, 4) is 5.75 Å². The van der Waals surface area contributed by atoms with Crippen molar-refractivity contribution in [1.82, 2.24) is 0 Å². The van der Waals surface area contributed by atoms with Crippen LogP contribution in [0.4, 0.5) is 5.69 Å². The first-order valence-corrected chi connectivity index (χ1v) is 6.04. The highest BCUT2D eigenvalue weighted by atomic mass is 16.5. The second-order valence-corrected chi connectivity index (χ2v) is 5.00. The summed E-state index contributed by atoms with van der Waals surface area (Å²) >= 11 is 0. The largest absolute Gasteiger partial charge is 0.493 e. The van der Waals surface area contributed by atoms with Crippen molar-refractivity contribution in [2.45, 2.75) is 27.7 Å². The second kappa shape index (κ2) is 6.41. The van der Waals surface area contributed by atoms with Gasteiger partial charge in [0.2, 0.25) is 0 Å². The number of nitrogens with one attached hydrogen (secondary N) is 1. The topological polar surface area (TPSA) is 21.3 Å². The van der Waals surface area contributed by atoms with Crippen LogP contribution in [0.5, 0.6) is 5.75 Å². The van der Waals surface area contributed by atoms with Gasteiger partial charge in [0, 0.05) is 12.2 Å². The van der Waals surface area contributed by atoms with E-state index >= 15 is 0 Å². The zero-order valence-corrected chi connectivity index (χ0v) is 10.8. The Hall–Kier alpha value is -1.18. The van der Waals surface area contributed by atoms with Gasteiger partial charge in [0.1, 0.15) is 5.75 Å². The molecule has 0 radical (unpaired) electrons. The predicted octanol–water partition coefficient (Wildman–Crippen LogP) is 3.79. The number of anilines is 1. The van der Waals surface area contributed by atoms with Crippen molar-refractivity contribution in [2.75, 3.05) is 18.5 Å². The maximum absolute atomic E-state index is 5.62. The minimum Gasteiger partial charge on any atom is -0.493 e. The molecule has 0 saturated carbocycles. The van der Waals surface area contributed by atoms with Crippen molar-refractivity contribution in [3.63, 3.8) is 0 Å². The van der Waals surface area contributed by atoms with Crippen molar-refractivity contribution >= 4 is 5.69 Å². The minimum absolute atomic E-state index is 0.568. The molecule has 0 aromatic heterocycles. The first-order chi connectivity index (χ1) is 7.58. The van der Waals surface area contributed by atoms with Gasteiger partial charge in [0.25, 0.3) is 0 Å². The van der Waals surface area contributed by atoms with E-state index in [1.807, 2.05) is 12.1 Å². The van der Waals surface area contributed by atoms with E-state index in [0.29, 0.717) is 11.8 Å². The molecule has 0 bridgehead atoms.